The van der Waals surface area contributed by atoms with Crippen LogP contribution in [-0.4, -0.2) is 17.1 Å². The summed E-state index contributed by atoms with van der Waals surface area (Å²) in [7, 11) is 1.88. The van der Waals surface area contributed by atoms with Crippen molar-refractivity contribution in [1.29, 1.82) is 0 Å². The Hall–Kier alpha value is -0.930. The molecule has 0 aliphatic rings. The maximum absolute atomic E-state index is 8.77. The molecule has 1 aromatic rings. The van der Waals surface area contributed by atoms with E-state index in [0.717, 1.165) is 17.7 Å². The summed E-state index contributed by atoms with van der Waals surface area (Å²) in [5, 5.41) is 11.8. The third-order valence-corrected chi connectivity index (χ3v) is 1.41. The standard InChI is InChI=1S/C8H12N2O/c1-9-3-7-2-8(6-11)5-10-4-7/h2,4-5,9,11H,3,6H2,1H3. The van der Waals surface area contributed by atoms with E-state index < -0.39 is 0 Å². The number of pyridine rings is 1. The molecule has 3 heteroatoms. The number of hydrogen-bond acceptors (Lipinski definition) is 3. The van der Waals surface area contributed by atoms with Crippen molar-refractivity contribution in [3.8, 4) is 0 Å². The van der Waals surface area contributed by atoms with E-state index in [2.05, 4.69) is 10.3 Å². The Balaban J connectivity index is 2.74. The fraction of sp³-hybridized carbons (Fsp3) is 0.375. The highest BCUT2D eigenvalue weighted by Gasteiger charge is 1.93. The Kier molecular flexibility index (Phi) is 3.01. The molecule has 0 spiro atoms. The molecule has 0 aromatic carbocycles. The molecular formula is C8H12N2O. The van der Waals surface area contributed by atoms with Crippen molar-refractivity contribution in [3.05, 3.63) is 29.6 Å². The minimum atomic E-state index is 0.0601. The molecule has 0 aliphatic heterocycles. The molecule has 1 heterocycles. The lowest BCUT2D eigenvalue weighted by molar-refractivity contribution is 0.281. The summed E-state index contributed by atoms with van der Waals surface area (Å²) in [6, 6.07) is 1.93. The summed E-state index contributed by atoms with van der Waals surface area (Å²) in [6.45, 7) is 0.853. The fourth-order valence-electron chi connectivity index (χ4n) is 0.929. The average Bonchev–Trinajstić information content (AvgIpc) is 2.06. The molecule has 0 fully saturated rings. The molecule has 60 valence electrons. The van der Waals surface area contributed by atoms with Gasteiger partial charge in [-0.3, -0.25) is 4.98 Å². The van der Waals surface area contributed by atoms with E-state index in [4.69, 9.17) is 5.11 Å². The predicted molar refractivity (Wildman–Crippen MR) is 42.9 cm³/mol. The van der Waals surface area contributed by atoms with Gasteiger partial charge in [0.15, 0.2) is 0 Å². The van der Waals surface area contributed by atoms with Crippen LogP contribution in [0.3, 0.4) is 0 Å². The van der Waals surface area contributed by atoms with Crippen LogP contribution in [0.25, 0.3) is 0 Å². The molecule has 0 radical (unpaired) electrons. The zero-order valence-corrected chi connectivity index (χ0v) is 6.54. The van der Waals surface area contributed by atoms with Crippen LogP contribution in [0.4, 0.5) is 0 Å². The zero-order valence-electron chi connectivity index (χ0n) is 6.54. The summed E-state index contributed by atoms with van der Waals surface area (Å²) >= 11 is 0. The largest absolute Gasteiger partial charge is 0.392 e. The van der Waals surface area contributed by atoms with Gasteiger partial charge in [-0.2, -0.15) is 0 Å². The predicted octanol–water partition coefficient (Wildman–Crippen LogP) is 0.293. The Morgan fingerprint density at radius 2 is 2.18 bits per heavy atom. The quantitative estimate of drug-likeness (QED) is 0.654. The summed E-state index contributed by atoms with van der Waals surface area (Å²) < 4.78 is 0. The maximum atomic E-state index is 8.77. The highest BCUT2D eigenvalue weighted by molar-refractivity contribution is 5.16. The second-order valence-corrected chi connectivity index (χ2v) is 2.39. The van der Waals surface area contributed by atoms with Crippen LogP contribution >= 0.6 is 0 Å². The van der Waals surface area contributed by atoms with E-state index in [-0.39, 0.29) is 6.61 Å². The molecule has 0 saturated carbocycles. The molecule has 2 N–H and O–H groups in total. The molecule has 0 bridgehead atoms. The first-order valence-corrected chi connectivity index (χ1v) is 3.55. The van der Waals surface area contributed by atoms with E-state index in [9.17, 15) is 0 Å². The molecular weight excluding hydrogens is 140 g/mol. The average molecular weight is 152 g/mol. The van der Waals surface area contributed by atoms with Gasteiger partial charge in [0.2, 0.25) is 0 Å². The van der Waals surface area contributed by atoms with Gasteiger partial charge in [-0.25, -0.2) is 0 Å². The highest BCUT2D eigenvalue weighted by atomic mass is 16.3. The van der Waals surface area contributed by atoms with Crippen molar-refractivity contribution in [2.45, 2.75) is 13.2 Å². The van der Waals surface area contributed by atoms with Gasteiger partial charge in [0.25, 0.3) is 0 Å². The van der Waals surface area contributed by atoms with Gasteiger partial charge in [0.1, 0.15) is 0 Å². The van der Waals surface area contributed by atoms with Crippen LogP contribution < -0.4 is 5.32 Å². The normalized spacial score (nSPS) is 10.0. The van der Waals surface area contributed by atoms with Crippen LogP contribution in [0.15, 0.2) is 18.5 Å². The second kappa shape index (κ2) is 4.05. The summed E-state index contributed by atoms with van der Waals surface area (Å²) in [5.74, 6) is 0. The third kappa shape index (κ3) is 2.29. The van der Waals surface area contributed by atoms with E-state index in [1.54, 1.807) is 12.4 Å². The summed E-state index contributed by atoms with van der Waals surface area (Å²) in [4.78, 5) is 3.97. The van der Waals surface area contributed by atoms with Crippen LogP contribution in [0.2, 0.25) is 0 Å². The molecule has 3 nitrogen and oxygen atoms in total. The van der Waals surface area contributed by atoms with Crippen molar-refractivity contribution in [2.75, 3.05) is 7.05 Å². The summed E-state index contributed by atoms with van der Waals surface area (Å²) in [5.41, 5.74) is 1.96. The lowest BCUT2D eigenvalue weighted by atomic mass is 10.2. The number of aliphatic hydroxyl groups excluding tert-OH is 1. The van der Waals surface area contributed by atoms with Crippen LogP contribution in [0.1, 0.15) is 11.1 Å². The molecule has 1 aromatic heterocycles. The van der Waals surface area contributed by atoms with E-state index in [1.165, 1.54) is 0 Å². The smallest absolute Gasteiger partial charge is 0.0696 e. The molecule has 0 amide bonds. The molecule has 0 aliphatic carbocycles. The topological polar surface area (TPSA) is 45.2 Å². The number of aliphatic hydroxyl groups is 1. The first kappa shape index (κ1) is 8.17. The summed E-state index contributed by atoms with van der Waals surface area (Å²) in [6.07, 6.45) is 3.45. The number of rotatable bonds is 3. The van der Waals surface area contributed by atoms with Gasteiger partial charge in [0, 0.05) is 18.9 Å². The van der Waals surface area contributed by atoms with Crippen LogP contribution in [0, 0.1) is 0 Å². The van der Waals surface area contributed by atoms with Gasteiger partial charge in [-0.05, 0) is 24.2 Å². The lowest BCUT2D eigenvalue weighted by Gasteiger charge is -2.00. The van der Waals surface area contributed by atoms with Gasteiger partial charge >= 0.3 is 0 Å². The fourth-order valence-corrected chi connectivity index (χ4v) is 0.929. The number of nitrogens with zero attached hydrogens (tertiary/aromatic N) is 1. The first-order valence-electron chi connectivity index (χ1n) is 3.55. The Labute approximate surface area is 66.1 Å². The van der Waals surface area contributed by atoms with E-state index in [1.807, 2.05) is 13.1 Å². The van der Waals surface area contributed by atoms with Crippen LogP contribution in [0.5, 0.6) is 0 Å². The van der Waals surface area contributed by atoms with Gasteiger partial charge in [-0.15, -0.1) is 0 Å². The molecule has 0 saturated heterocycles. The number of nitrogens with one attached hydrogen (secondary N) is 1. The van der Waals surface area contributed by atoms with Gasteiger partial charge in [-0.1, -0.05) is 0 Å². The molecule has 11 heavy (non-hydrogen) atoms. The minimum absolute atomic E-state index is 0.0601. The van der Waals surface area contributed by atoms with E-state index >= 15 is 0 Å². The second-order valence-electron chi connectivity index (χ2n) is 2.39. The van der Waals surface area contributed by atoms with Crippen molar-refractivity contribution in [1.82, 2.24) is 10.3 Å². The number of aromatic nitrogens is 1. The van der Waals surface area contributed by atoms with Crippen LogP contribution in [-0.2, 0) is 13.2 Å². The first-order chi connectivity index (χ1) is 5.36. The Morgan fingerprint density at radius 1 is 1.45 bits per heavy atom. The van der Waals surface area contributed by atoms with Gasteiger partial charge < -0.3 is 10.4 Å². The lowest BCUT2D eigenvalue weighted by Crippen LogP contribution is -2.05. The van der Waals surface area contributed by atoms with Crippen molar-refractivity contribution in [3.63, 3.8) is 0 Å². The van der Waals surface area contributed by atoms with E-state index in [0.29, 0.717) is 0 Å². The SMILES string of the molecule is CNCc1cncc(CO)c1. The Morgan fingerprint density at radius 3 is 2.82 bits per heavy atom. The highest BCUT2D eigenvalue weighted by Crippen LogP contribution is 2.01. The number of hydrogen-bond donors (Lipinski definition) is 2. The van der Waals surface area contributed by atoms with Gasteiger partial charge in [0.05, 0.1) is 6.61 Å². The molecule has 1 rings (SSSR count). The Bertz CT molecular complexity index is 225. The molecule has 0 atom stereocenters. The van der Waals surface area contributed by atoms with Crippen molar-refractivity contribution < 1.29 is 5.11 Å². The zero-order chi connectivity index (χ0) is 8.10. The third-order valence-electron chi connectivity index (χ3n) is 1.41. The minimum Gasteiger partial charge on any atom is -0.392 e. The van der Waals surface area contributed by atoms with Crippen molar-refractivity contribution in [2.24, 2.45) is 0 Å². The molecule has 0 unspecified atom stereocenters. The van der Waals surface area contributed by atoms with Crippen molar-refractivity contribution >= 4 is 0 Å². The monoisotopic (exact) mass is 152 g/mol. The maximum Gasteiger partial charge on any atom is 0.0696 e.